The smallest absolute Gasteiger partial charge is 0.268 e. The highest BCUT2D eigenvalue weighted by molar-refractivity contribution is 5.95. The fourth-order valence-corrected chi connectivity index (χ4v) is 2.85. The number of amides is 1. The lowest BCUT2D eigenvalue weighted by Gasteiger charge is -2.28. The molecule has 5 nitrogen and oxygen atoms in total. The molecule has 3 N–H and O–H groups in total. The van der Waals surface area contributed by atoms with Crippen molar-refractivity contribution in [2.24, 2.45) is 0 Å². The number of hydrogen-bond acceptors (Lipinski definition) is 3. The van der Waals surface area contributed by atoms with Gasteiger partial charge in [0.25, 0.3) is 5.91 Å². The third kappa shape index (κ3) is 2.83. The van der Waals surface area contributed by atoms with Gasteiger partial charge >= 0.3 is 0 Å². The number of pyridine rings is 1. The van der Waals surface area contributed by atoms with Gasteiger partial charge in [-0.15, -0.1) is 0 Å². The lowest BCUT2D eigenvalue weighted by Crippen LogP contribution is -2.45. The Balaban J connectivity index is 1.86. The molecule has 0 spiro atoms. The number of aromatic amines is 1. The number of aromatic nitrogens is 1. The monoisotopic (exact) mass is 286 g/mol. The first-order valence-corrected chi connectivity index (χ1v) is 7.26. The average Bonchev–Trinajstić information content (AvgIpc) is 2.49. The summed E-state index contributed by atoms with van der Waals surface area (Å²) in [4.78, 5) is 27.3. The van der Waals surface area contributed by atoms with Crippen LogP contribution in [0.2, 0.25) is 0 Å². The first-order chi connectivity index (χ1) is 10.1. The van der Waals surface area contributed by atoms with Gasteiger partial charge in [-0.05, 0) is 25.0 Å². The molecule has 1 saturated carbocycles. The van der Waals surface area contributed by atoms with Gasteiger partial charge in [-0.3, -0.25) is 9.59 Å². The van der Waals surface area contributed by atoms with Crippen LogP contribution in [-0.2, 0) is 0 Å². The van der Waals surface area contributed by atoms with Gasteiger partial charge in [0.05, 0.1) is 12.1 Å². The highest BCUT2D eigenvalue weighted by Gasteiger charge is 2.25. The van der Waals surface area contributed by atoms with Gasteiger partial charge in [-0.25, -0.2) is 0 Å². The van der Waals surface area contributed by atoms with Crippen molar-refractivity contribution in [1.82, 2.24) is 10.3 Å². The van der Waals surface area contributed by atoms with Crippen LogP contribution in [0.25, 0.3) is 10.9 Å². The van der Waals surface area contributed by atoms with Gasteiger partial charge in [0.1, 0.15) is 5.69 Å². The van der Waals surface area contributed by atoms with Gasteiger partial charge < -0.3 is 15.4 Å². The van der Waals surface area contributed by atoms with Crippen molar-refractivity contribution < 1.29 is 9.90 Å². The lowest BCUT2D eigenvalue weighted by atomic mass is 9.92. The molecule has 3 rings (SSSR count). The second-order valence-electron chi connectivity index (χ2n) is 5.52. The summed E-state index contributed by atoms with van der Waals surface area (Å²) in [5.41, 5.74) is 0.689. The summed E-state index contributed by atoms with van der Waals surface area (Å²) in [5, 5.41) is 13.3. The zero-order valence-corrected chi connectivity index (χ0v) is 11.6. The van der Waals surface area contributed by atoms with Crippen molar-refractivity contribution >= 4 is 16.8 Å². The first-order valence-electron chi connectivity index (χ1n) is 7.26. The molecule has 2 aromatic rings. The predicted octanol–water partition coefficient (Wildman–Crippen LogP) is 1.56. The predicted molar refractivity (Wildman–Crippen MR) is 80.3 cm³/mol. The highest BCUT2D eigenvalue weighted by Crippen LogP contribution is 2.18. The van der Waals surface area contributed by atoms with E-state index in [4.69, 9.17) is 0 Å². The van der Waals surface area contributed by atoms with Crippen LogP contribution in [0.5, 0.6) is 0 Å². The third-order valence-corrected chi connectivity index (χ3v) is 4.03. The number of carbonyl (C=O) groups excluding carboxylic acids is 1. The van der Waals surface area contributed by atoms with Crippen LogP contribution in [0, 0.1) is 0 Å². The van der Waals surface area contributed by atoms with E-state index in [-0.39, 0.29) is 23.1 Å². The van der Waals surface area contributed by atoms with Crippen LogP contribution in [0.4, 0.5) is 0 Å². The summed E-state index contributed by atoms with van der Waals surface area (Å²) >= 11 is 0. The minimum atomic E-state index is -0.505. The van der Waals surface area contributed by atoms with Gasteiger partial charge in [0.15, 0.2) is 5.43 Å². The fourth-order valence-electron chi connectivity index (χ4n) is 2.85. The summed E-state index contributed by atoms with van der Waals surface area (Å²) in [5.74, 6) is -0.344. The van der Waals surface area contributed by atoms with Crippen LogP contribution in [0.1, 0.15) is 36.2 Å². The molecular weight excluding hydrogens is 268 g/mol. The van der Waals surface area contributed by atoms with Crippen LogP contribution in [0.3, 0.4) is 0 Å². The molecule has 0 aliphatic heterocycles. The summed E-state index contributed by atoms with van der Waals surface area (Å²) in [7, 11) is 0. The van der Waals surface area contributed by atoms with E-state index >= 15 is 0 Å². The normalized spacial score (nSPS) is 22.1. The third-order valence-electron chi connectivity index (χ3n) is 4.03. The molecule has 0 unspecified atom stereocenters. The molecule has 0 saturated heterocycles. The number of rotatable bonds is 2. The number of hydrogen-bond donors (Lipinski definition) is 3. The fraction of sp³-hybridized carbons (Fsp3) is 0.375. The maximum absolute atomic E-state index is 12.3. The van der Waals surface area contributed by atoms with Crippen molar-refractivity contribution in [3.63, 3.8) is 0 Å². The van der Waals surface area contributed by atoms with Crippen molar-refractivity contribution in [3.05, 3.63) is 46.2 Å². The topological polar surface area (TPSA) is 82.2 Å². The van der Waals surface area contributed by atoms with Crippen molar-refractivity contribution in [2.75, 3.05) is 0 Å². The molecular formula is C16H18N2O3. The quantitative estimate of drug-likeness (QED) is 0.783. The molecule has 1 aliphatic carbocycles. The van der Waals surface area contributed by atoms with Crippen molar-refractivity contribution in [2.45, 2.75) is 37.8 Å². The number of aliphatic hydroxyl groups is 1. The minimum absolute atomic E-state index is 0.182. The Labute approximate surface area is 122 Å². The van der Waals surface area contributed by atoms with Crippen molar-refractivity contribution in [3.8, 4) is 0 Å². The van der Waals surface area contributed by atoms with Crippen LogP contribution >= 0.6 is 0 Å². The van der Waals surface area contributed by atoms with E-state index < -0.39 is 6.10 Å². The van der Waals surface area contributed by atoms with E-state index in [1.807, 2.05) is 6.07 Å². The molecule has 1 aromatic carbocycles. The van der Waals surface area contributed by atoms with E-state index in [0.717, 1.165) is 19.3 Å². The second kappa shape index (κ2) is 5.69. The maximum atomic E-state index is 12.3. The molecule has 0 radical (unpaired) electrons. The Morgan fingerprint density at radius 1 is 1.24 bits per heavy atom. The molecule has 1 heterocycles. The summed E-state index contributed by atoms with van der Waals surface area (Å²) in [6, 6.07) is 8.16. The Morgan fingerprint density at radius 2 is 2.00 bits per heavy atom. The van der Waals surface area contributed by atoms with E-state index in [2.05, 4.69) is 10.3 Å². The van der Waals surface area contributed by atoms with Gasteiger partial charge in [-0.1, -0.05) is 25.0 Å². The Morgan fingerprint density at radius 3 is 2.81 bits per heavy atom. The summed E-state index contributed by atoms with van der Waals surface area (Å²) in [6.07, 6.45) is 2.95. The molecule has 0 bridgehead atoms. The standard InChI is InChI=1S/C16H18N2O3/c19-14-8-4-3-7-12(14)18-16(21)13-9-15(20)10-5-1-2-6-11(10)17-13/h1-2,5-6,9,12,14,19H,3-4,7-8H2,(H,17,20)(H,18,21)/t12-,14-/m1/s1. The van der Waals surface area contributed by atoms with Crippen LogP contribution < -0.4 is 10.7 Å². The van der Waals surface area contributed by atoms with E-state index in [0.29, 0.717) is 17.3 Å². The Kier molecular flexibility index (Phi) is 3.75. The molecule has 1 amide bonds. The average molecular weight is 286 g/mol. The number of H-pyrrole nitrogens is 1. The second-order valence-corrected chi connectivity index (χ2v) is 5.52. The largest absolute Gasteiger partial charge is 0.391 e. The number of nitrogens with one attached hydrogen (secondary N) is 2. The first kappa shape index (κ1) is 13.8. The molecule has 21 heavy (non-hydrogen) atoms. The number of benzene rings is 1. The number of para-hydroxylation sites is 1. The van der Waals surface area contributed by atoms with Crippen molar-refractivity contribution in [1.29, 1.82) is 0 Å². The zero-order chi connectivity index (χ0) is 14.8. The van der Waals surface area contributed by atoms with Gasteiger partial charge in [-0.2, -0.15) is 0 Å². The summed E-state index contributed by atoms with van der Waals surface area (Å²) in [6.45, 7) is 0. The van der Waals surface area contributed by atoms with E-state index in [1.54, 1.807) is 18.2 Å². The Hall–Kier alpha value is -2.14. The molecule has 110 valence electrons. The highest BCUT2D eigenvalue weighted by atomic mass is 16.3. The summed E-state index contributed by atoms with van der Waals surface area (Å²) < 4.78 is 0. The molecule has 2 atom stereocenters. The minimum Gasteiger partial charge on any atom is -0.391 e. The Bertz CT molecular complexity index is 723. The van der Waals surface area contributed by atoms with Crippen LogP contribution in [0.15, 0.2) is 35.1 Å². The molecule has 1 aromatic heterocycles. The van der Waals surface area contributed by atoms with Crippen LogP contribution in [-0.4, -0.2) is 28.1 Å². The lowest BCUT2D eigenvalue weighted by molar-refractivity contribution is 0.0714. The van der Waals surface area contributed by atoms with E-state index in [9.17, 15) is 14.7 Å². The van der Waals surface area contributed by atoms with E-state index in [1.165, 1.54) is 6.07 Å². The number of aliphatic hydroxyl groups excluding tert-OH is 1. The molecule has 5 heteroatoms. The SMILES string of the molecule is O=C(N[C@@H]1CCCC[C@H]1O)c1cc(=O)c2ccccc2[nH]1. The van der Waals surface area contributed by atoms with Gasteiger partial charge in [0, 0.05) is 17.0 Å². The zero-order valence-electron chi connectivity index (χ0n) is 11.6. The molecule has 1 aliphatic rings. The maximum Gasteiger partial charge on any atom is 0.268 e. The van der Waals surface area contributed by atoms with Gasteiger partial charge in [0.2, 0.25) is 0 Å². The molecule has 1 fully saturated rings. The number of fused-ring (bicyclic) bond motifs is 1. The number of carbonyl (C=O) groups is 1.